The van der Waals surface area contributed by atoms with Crippen LogP contribution in [0.2, 0.25) is 0 Å². The first-order valence-electron chi connectivity index (χ1n) is 5.73. The van der Waals surface area contributed by atoms with E-state index in [0.29, 0.717) is 12.6 Å². The van der Waals surface area contributed by atoms with E-state index in [-0.39, 0.29) is 5.91 Å². The van der Waals surface area contributed by atoms with Gasteiger partial charge < -0.3 is 5.73 Å². The van der Waals surface area contributed by atoms with Gasteiger partial charge >= 0.3 is 0 Å². The number of rotatable bonds is 5. The predicted molar refractivity (Wildman–Crippen MR) is 63.8 cm³/mol. The van der Waals surface area contributed by atoms with Gasteiger partial charge in [0.05, 0.1) is 6.54 Å². The molecule has 2 rings (SSSR count). The Bertz CT molecular complexity index is 385. The van der Waals surface area contributed by atoms with Gasteiger partial charge in [-0.1, -0.05) is 29.8 Å². The number of hydrogen-bond acceptors (Lipinski definition) is 2. The van der Waals surface area contributed by atoms with Gasteiger partial charge in [-0.2, -0.15) is 0 Å². The van der Waals surface area contributed by atoms with Crippen LogP contribution in [0.25, 0.3) is 0 Å². The zero-order valence-electron chi connectivity index (χ0n) is 9.65. The van der Waals surface area contributed by atoms with E-state index in [1.54, 1.807) is 0 Å². The number of nitrogens with zero attached hydrogens (tertiary/aromatic N) is 1. The van der Waals surface area contributed by atoms with Crippen molar-refractivity contribution in [1.29, 1.82) is 0 Å². The second-order valence-electron chi connectivity index (χ2n) is 4.59. The SMILES string of the molecule is Cc1cccc(CN(CC(N)=O)C2CC2)c1. The van der Waals surface area contributed by atoms with Gasteiger partial charge in [0.15, 0.2) is 0 Å². The number of carbonyl (C=O) groups excluding carboxylic acids is 1. The van der Waals surface area contributed by atoms with Crippen LogP contribution >= 0.6 is 0 Å². The van der Waals surface area contributed by atoms with Crippen molar-refractivity contribution in [1.82, 2.24) is 4.90 Å². The Hall–Kier alpha value is -1.35. The Balaban J connectivity index is 2.02. The molecule has 1 aromatic rings. The minimum absolute atomic E-state index is 0.237. The zero-order valence-corrected chi connectivity index (χ0v) is 9.65. The third kappa shape index (κ3) is 3.07. The van der Waals surface area contributed by atoms with Crippen molar-refractivity contribution >= 4 is 5.91 Å². The third-order valence-electron chi connectivity index (χ3n) is 2.89. The van der Waals surface area contributed by atoms with E-state index < -0.39 is 0 Å². The molecule has 1 saturated carbocycles. The summed E-state index contributed by atoms with van der Waals surface area (Å²) < 4.78 is 0. The molecule has 0 heterocycles. The van der Waals surface area contributed by atoms with Gasteiger partial charge in [0.25, 0.3) is 0 Å². The Labute approximate surface area is 96.2 Å². The number of aryl methyl sites for hydroxylation is 1. The van der Waals surface area contributed by atoms with Crippen LogP contribution in [0.1, 0.15) is 24.0 Å². The van der Waals surface area contributed by atoms with Crippen LogP contribution in [0.4, 0.5) is 0 Å². The summed E-state index contributed by atoms with van der Waals surface area (Å²) in [5.74, 6) is -0.237. The lowest BCUT2D eigenvalue weighted by atomic mass is 10.1. The smallest absolute Gasteiger partial charge is 0.231 e. The van der Waals surface area contributed by atoms with E-state index in [1.807, 2.05) is 0 Å². The topological polar surface area (TPSA) is 46.3 Å². The lowest BCUT2D eigenvalue weighted by Gasteiger charge is -2.20. The van der Waals surface area contributed by atoms with Crippen molar-refractivity contribution in [3.8, 4) is 0 Å². The highest BCUT2D eigenvalue weighted by Gasteiger charge is 2.29. The number of benzene rings is 1. The van der Waals surface area contributed by atoms with Crippen LogP contribution < -0.4 is 5.73 Å². The molecule has 1 aliphatic rings. The molecule has 3 nitrogen and oxygen atoms in total. The first kappa shape index (κ1) is 11.1. The largest absolute Gasteiger partial charge is 0.369 e. The summed E-state index contributed by atoms with van der Waals surface area (Å²) in [4.78, 5) is 13.2. The van der Waals surface area contributed by atoms with Crippen molar-refractivity contribution in [2.45, 2.75) is 32.4 Å². The van der Waals surface area contributed by atoms with Crippen molar-refractivity contribution in [3.05, 3.63) is 35.4 Å². The molecule has 86 valence electrons. The predicted octanol–water partition coefficient (Wildman–Crippen LogP) is 1.44. The molecule has 1 amide bonds. The minimum atomic E-state index is -0.237. The molecule has 0 unspecified atom stereocenters. The molecular formula is C13H18N2O. The molecule has 0 saturated heterocycles. The second kappa shape index (κ2) is 4.66. The molecule has 2 N–H and O–H groups in total. The van der Waals surface area contributed by atoms with Crippen LogP contribution in [0, 0.1) is 6.92 Å². The van der Waals surface area contributed by atoms with Crippen molar-refractivity contribution < 1.29 is 4.79 Å². The van der Waals surface area contributed by atoms with Crippen molar-refractivity contribution in [2.75, 3.05) is 6.54 Å². The lowest BCUT2D eigenvalue weighted by molar-refractivity contribution is -0.119. The molecule has 0 aliphatic heterocycles. The number of primary amides is 1. The molecule has 0 spiro atoms. The fourth-order valence-electron chi connectivity index (χ4n) is 2.00. The zero-order chi connectivity index (χ0) is 11.5. The minimum Gasteiger partial charge on any atom is -0.369 e. The van der Waals surface area contributed by atoms with E-state index in [2.05, 4.69) is 36.1 Å². The van der Waals surface area contributed by atoms with Gasteiger partial charge in [0.2, 0.25) is 5.91 Å². The normalized spacial score (nSPS) is 15.4. The van der Waals surface area contributed by atoms with Crippen LogP contribution in [0.15, 0.2) is 24.3 Å². The number of nitrogens with two attached hydrogens (primary N) is 1. The average molecular weight is 218 g/mol. The maximum absolute atomic E-state index is 11.0. The van der Waals surface area contributed by atoms with Gasteiger partial charge in [-0.05, 0) is 25.3 Å². The Morgan fingerprint density at radius 2 is 2.25 bits per heavy atom. The quantitative estimate of drug-likeness (QED) is 0.813. The highest BCUT2D eigenvalue weighted by Crippen LogP contribution is 2.27. The fraction of sp³-hybridized carbons (Fsp3) is 0.462. The van der Waals surface area contributed by atoms with Gasteiger partial charge in [0, 0.05) is 12.6 Å². The van der Waals surface area contributed by atoms with E-state index in [9.17, 15) is 4.79 Å². The maximum Gasteiger partial charge on any atom is 0.231 e. The van der Waals surface area contributed by atoms with Crippen molar-refractivity contribution in [3.63, 3.8) is 0 Å². The first-order chi connectivity index (χ1) is 7.65. The molecular weight excluding hydrogens is 200 g/mol. The fourth-order valence-corrected chi connectivity index (χ4v) is 2.00. The Morgan fingerprint density at radius 1 is 1.50 bits per heavy atom. The standard InChI is InChI=1S/C13H18N2O/c1-10-3-2-4-11(7-10)8-15(9-13(14)16)12-5-6-12/h2-4,7,12H,5-6,8-9H2,1H3,(H2,14,16). The van der Waals surface area contributed by atoms with Gasteiger partial charge in [-0.3, -0.25) is 9.69 Å². The molecule has 0 bridgehead atoms. The Morgan fingerprint density at radius 3 is 2.81 bits per heavy atom. The van der Waals surface area contributed by atoms with E-state index in [0.717, 1.165) is 6.54 Å². The molecule has 0 atom stereocenters. The van der Waals surface area contributed by atoms with Crippen molar-refractivity contribution in [2.24, 2.45) is 5.73 Å². The summed E-state index contributed by atoms with van der Waals surface area (Å²) in [6.07, 6.45) is 2.39. The molecule has 0 aromatic heterocycles. The molecule has 0 radical (unpaired) electrons. The summed E-state index contributed by atoms with van der Waals surface area (Å²) in [6.45, 7) is 3.28. The molecule has 3 heteroatoms. The van der Waals surface area contributed by atoms with Gasteiger partial charge in [0.1, 0.15) is 0 Å². The molecule has 1 aromatic carbocycles. The van der Waals surface area contributed by atoms with E-state index in [1.165, 1.54) is 24.0 Å². The molecule has 1 aliphatic carbocycles. The summed E-state index contributed by atoms with van der Waals surface area (Å²) >= 11 is 0. The molecule has 1 fully saturated rings. The second-order valence-corrected chi connectivity index (χ2v) is 4.59. The highest BCUT2D eigenvalue weighted by atomic mass is 16.1. The maximum atomic E-state index is 11.0. The highest BCUT2D eigenvalue weighted by molar-refractivity contribution is 5.76. The third-order valence-corrected chi connectivity index (χ3v) is 2.89. The summed E-state index contributed by atoms with van der Waals surface area (Å²) in [7, 11) is 0. The van der Waals surface area contributed by atoms with Gasteiger partial charge in [-0.15, -0.1) is 0 Å². The molecule has 16 heavy (non-hydrogen) atoms. The number of carbonyl (C=O) groups is 1. The van der Waals surface area contributed by atoms with Crippen LogP contribution in [0.3, 0.4) is 0 Å². The van der Waals surface area contributed by atoms with Crippen LogP contribution in [-0.2, 0) is 11.3 Å². The van der Waals surface area contributed by atoms with Crippen LogP contribution in [-0.4, -0.2) is 23.4 Å². The van der Waals surface area contributed by atoms with Gasteiger partial charge in [-0.25, -0.2) is 0 Å². The lowest BCUT2D eigenvalue weighted by Crippen LogP contribution is -2.34. The summed E-state index contributed by atoms with van der Waals surface area (Å²) in [5.41, 5.74) is 7.78. The number of hydrogen-bond donors (Lipinski definition) is 1. The van der Waals surface area contributed by atoms with Crippen LogP contribution in [0.5, 0.6) is 0 Å². The van der Waals surface area contributed by atoms with E-state index >= 15 is 0 Å². The summed E-state index contributed by atoms with van der Waals surface area (Å²) in [5, 5.41) is 0. The summed E-state index contributed by atoms with van der Waals surface area (Å²) in [6, 6.07) is 8.96. The first-order valence-corrected chi connectivity index (χ1v) is 5.73. The monoisotopic (exact) mass is 218 g/mol. The average Bonchev–Trinajstić information content (AvgIpc) is 2.99. The Kier molecular flexibility index (Phi) is 3.25. The van der Waals surface area contributed by atoms with E-state index in [4.69, 9.17) is 5.73 Å². The number of amides is 1.